The van der Waals surface area contributed by atoms with Gasteiger partial charge in [-0.15, -0.1) is 0 Å². The molecule has 198 valence electrons. The van der Waals surface area contributed by atoms with Crippen LogP contribution in [-0.4, -0.2) is 57.1 Å². The predicted octanol–water partition coefficient (Wildman–Crippen LogP) is 3.80. The molecule has 0 unspecified atom stereocenters. The van der Waals surface area contributed by atoms with Crippen molar-refractivity contribution in [2.24, 2.45) is 0 Å². The fourth-order valence-corrected chi connectivity index (χ4v) is 4.88. The number of hydrogen-bond donors (Lipinski definition) is 1. The van der Waals surface area contributed by atoms with E-state index in [4.69, 9.17) is 4.74 Å². The zero-order valence-corrected chi connectivity index (χ0v) is 23.2. The zero-order chi connectivity index (χ0) is 27.0. The molecule has 0 spiro atoms. The summed E-state index contributed by atoms with van der Waals surface area (Å²) in [5, 5.41) is 2.97. The number of carbonyl (C=O) groups excluding carboxylic acids is 2. The van der Waals surface area contributed by atoms with E-state index in [-0.39, 0.29) is 18.5 Å². The smallest absolute Gasteiger partial charge is 0.244 e. The van der Waals surface area contributed by atoms with Crippen LogP contribution in [0.2, 0.25) is 0 Å². The lowest BCUT2D eigenvalue weighted by molar-refractivity contribution is -0.140. The molecule has 0 aliphatic rings. The second-order valence-electron chi connectivity index (χ2n) is 9.17. The van der Waals surface area contributed by atoms with Gasteiger partial charge in [0.15, 0.2) is 0 Å². The summed E-state index contributed by atoms with van der Waals surface area (Å²) in [7, 11) is -2.20. The molecule has 2 aromatic rings. The minimum atomic E-state index is -3.77. The van der Waals surface area contributed by atoms with E-state index in [2.05, 4.69) is 5.32 Å². The van der Waals surface area contributed by atoms with E-state index in [9.17, 15) is 18.0 Å². The number of carbonyl (C=O) groups is 2. The van der Waals surface area contributed by atoms with Gasteiger partial charge in [-0.3, -0.25) is 13.9 Å². The molecule has 2 amide bonds. The maximum atomic E-state index is 13.8. The lowest BCUT2D eigenvalue weighted by Gasteiger charge is -2.33. The third-order valence-corrected chi connectivity index (χ3v) is 7.33. The summed E-state index contributed by atoms with van der Waals surface area (Å²) in [6.07, 6.45) is 2.22. The fraction of sp³-hybridized carbons (Fsp3) is 0.481. The first kappa shape index (κ1) is 29.2. The number of sulfonamides is 1. The Hall–Kier alpha value is -3.07. The first-order valence-electron chi connectivity index (χ1n) is 12.2. The Morgan fingerprint density at radius 2 is 1.67 bits per heavy atom. The van der Waals surface area contributed by atoms with Crippen molar-refractivity contribution in [2.75, 3.05) is 24.2 Å². The van der Waals surface area contributed by atoms with E-state index in [1.165, 1.54) is 4.90 Å². The van der Waals surface area contributed by atoms with E-state index in [1.807, 2.05) is 58.9 Å². The van der Waals surface area contributed by atoms with E-state index < -0.39 is 28.5 Å². The highest BCUT2D eigenvalue weighted by Gasteiger charge is 2.32. The predicted molar refractivity (Wildman–Crippen MR) is 144 cm³/mol. The van der Waals surface area contributed by atoms with Gasteiger partial charge in [-0.2, -0.15) is 0 Å². The summed E-state index contributed by atoms with van der Waals surface area (Å²) in [4.78, 5) is 28.4. The first-order valence-corrected chi connectivity index (χ1v) is 14.0. The fourth-order valence-electron chi connectivity index (χ4n) is 3.97. The van der Waals surface area contributed by atoms with Gasteiger partial charge in [-0.25, -0.2) is 8.42 Å². The van der Waals surface area contributed by atoms with Crippen molar-refractivity contribution >= 4 is 27.5 Å². The topological polar surface area (TPSA) is 96.0 Å². The molecule has 9 heteroatoms. The number of amides is 2. The normalized spacial score (nSPS) is 13.0. The second-order valence-corrected chi connectivity index (χ2v) is 11.1. The van der Waals surface area contributed by atoms with Crippen molar-refractivity contribution in [3.63, 3.8) is 0 Å². The summed E-state index contributed by atoms with van der Waals surface area (Å²) < 4.78 is 31.9. The average Bonchev–Trinajstić information content (AvgIpc) is 2.82. The number of methoxy groups -OCH3 is 1. The van der Waals surface area contributed by atoms with Gasteiger partial charge in [0.25, 0.3) is 0 Å². The van der Waals surface area contributed by atoms with Crippen molar-refractivity contribution in [1.82, 2.24) is 10.2 Å². The molecule has 0 radical (unpaired) electrons. The number of anilines is 1. The van der Waals surface area contributed by atoms with Gasteiger partial charge in [-0.1, -0.05) is 43.7 Å². The molecular formula is C27H39N3O5S. The van der Waals surface area contributed by atoms with Gasteiger partial charge in [0, 0.05) is 12.6 Å². The molecule has 1 N–H and O–H groups in total. The number of nitrogens with one attached hydrogen (secondary N) is 1. The van der Waals surface area contributed by atoms with Gasteiger partial charge in [0.05, 0.1) is 19.1 Å². The third-order valence-electron chi connectivity index (χ3n) is 6.20. The molecular weight excluding hydrogens is 478 g/mol. The lowest BCUT2D eigenvalue weighted by Crippen LogP contribution is -2.53. The van der Waals surface area contributed by atoms with Gasteiger partial charge in [-0.05, 0) is 62.9 Å². The van der Waals surface area contributed by atoms with Crippen LogP contribution in [0.1, 0.15) is 50.3 Å². The van der Waals surface area contributed by atoms with Crippen LogP contribution in [0, 0.1) is 13.8 Å². The molecule has 0 aliphatic carbocycles. The van der Waals surface area contributed by atoms with Gasteiger partial charge in [0.1, 0.15) is 18.3 Å². The highest BCUT2D eigenvalue weighted by molar-refractivity contribution is 7.92. The van der Waals surface area contributed by atoms with Crippen molar-refractivity contribution in [3.8, 4) is 5.75 Å². The number of nitrogens with zero attached hydrogens (tertiary/aromatic N) is 2. The van der Waals surface area contributed by atoms with Gasteiger partial charge < -0.3 is 15.0 Å². The zero-order valence-electron chi connectivity index (χ0n) is 22.4. The molecule has 0 saturated heterocycles. The molecule has 0 aromatic heterocycles. The Balaban J connectivity index is 2.46. The van der Waals surface area contributed by atoms with Crippen LogP contribution in [0.25, 0.3) is 0 Å². The maximum Gasteiger partial charge on any atom is 0.244 e. The SMILES string of the molecule is CC[C@H](C(=O)N[C@@H](C)CC)N(Cc1ccc(OC)cc1)C(=O)CN(c1ccc(C)cc1C)S(C)(=O)=O. The van der Waals surface area contributed by atoms with Crippen LogP contribution in [-0.2, 0) is 26.2 Å². The largest absolute Gasteiger partial charge is 0.497 e. The van der Waals surface area contributed by atoms with E-state index >= 15 is 0 Å². The molecule has 0 bridgehead atoms. The Labute approximate surface area is 215 Å². The average molecular weight is 518 g/mol. The molecule has 0 fully saturated rings. The van der Waals surface area contributed by atoms with Gasteiger partial charge >= 0.3 is 0 Å². The molecule has 2 atom stereocenters. The molecule has 0 saturated carbocycles. The number of ether oxygens (including phenoxy) is 1. The van der Waals surface area contributed by atoms with E-state index in [1.54, 1.807) is 25.3 Å². The third kappa shape index (κ3) is 7.71. The maximum absolute atomic E-state index is 13.8. The minimum absolute atomic E-state index is 0.0489. The number of benzene rings is 2. The quantitative estimate of drug-likeness (QED) is 0.462. The highest BCUT2D eigenvalue weighted by Crippen LogP contribution is 2.25. The Kier molecular flexibility index (Phi) is 10.3. The molecule has 36 heavy (non-hydrogen) atoms. The van der Waals surface area contributed by atoms with Crippen molar-refractivity contribution < 1.29 is 22.7 Å². The van der Waals surface area contributed by atoms with Crippen LogP contribution in [0.4, 0.5) is 5.69 Å². The van der Waals surface area contributed by atoms with Crippen LogP contribution in [0.5, 0.6) is 5.75 Å². The van der Waals surface area contributed by atoms with Crippen molar-refractivity contribution in [3.05, 3.63) is 59.2 Å². The van der Waals surface area contributed by atoms with Crippen molar-refractivity contribution in [2.45, 2.75) is 66.1 Å². The summed E-state index contributed by atoms with van der Waals surface area (Å²) >= 11 is 0. The summed E-state index contributed by atoms with van der Waals surface area (Å²) in [6.45, 7) is 9.20. The summed E-state index contributed by atoms with van der Waals surface area (Å²) in [6, 6.07) is 11.8. The number of aryl methyl sites for hydroxylation is 2. The number of hydrogen-bond acceptors (Lipinski definition) is 5. The monoisotopic (exact) mass is 517 g/mol. The van der Waals surface area contributed by atoms with Crippen LogP contribution in [0.15, 0.2) is 42.5 Å². The molecule has 8 nitrogen and oxygen atoms in total. The minimum Gasteiger partial charge on any atom is -0.497 e. The molecule has 2 rings (SSSR count). The lowest BCUT2D eigenvalue weighted by atomic mass is 10.1. The Morgan fingerprint density at radius 1 is 1.03 bits per heavy atom. The summed E-state index contributed by atoms with van der Waals surface area (Å²) in [5.74, 6) is -0.0372. The van der Waals surface area contributed by atoms with E-state index in [0.717, 1.165) is 33.7 Å². The number of rotatable bonds is 12. The standard InChI is InChI=1S/C27H39N3O5S/c1-8-21(5)28-27(32)24(9-2)29(17-22-11-13-23(35-6)14-12-22)26(31)18-30(36(7,33)34)25-15-10-19(3)16-20(25)4/h10-16,21,24H,8-9,17-18H2,1-7H3,(H,28,32)/t21-,24+/m0/s1. The summed E-state index contributed by atoms with van der Waals surface area (Å²) in [5.41, 5.74) is 2.98. The second kappa shape index (κ2) is 12.8. The molecule has 0 aliphatic heterocycles. The Bertz CT molecular complexity index is 1150. The van der Waals surface area contributed by atoms with Crippen LogP contribution < -0.4 is 14.4 Å². The molecule has 2 aromatic carbocycles. The van der Waals surface area contributed by atoms with E-state index in [0.29, 0.717) is 17.9 Å². The highest BCUT2D eigenvalue weighted by atomic mass is 32.2. The first-order chi connectivity index (χ1) is 16.9. The van der Waals surface area contributed by atoms with Crippen LogP contribution >= 0.6 is 0 Å². The van der Waals surface area contributed by atoms with Crippen LogP contribution in [0.3, 0.4) is 0 Å². The molecule has 0 heterocycles. The van der Waals surface area contributed by atoms with Crippen molar-refractivity contribution in [1.29, 1.82) is 0 Å². The van der Waals surface area contributed by atoms with Gasteiger partial charge in [0.2, 0.25) is 21.8 Å². The Morgan fingerprint density at radius 3 is 2.17 bits per heavy atom.